The summed E-state index contributed by atoms with van der Waals surface area (Å²) in [6, 6.07) is 3.62. The summed E-state index contributed by atoms with van der Waals surface area (Å²) >= 11 is 0. The van der Waals surface area contributed by atoms with Crippen LogP contribution in [0, 0.1) is 24.0 Å². The first-order valence-electron chi connectivity index (χ1n) is 8.07. The molecule has 0 bridgehead atoms. The van der Waals surface area contributed by atoms with Crippen LogP contribution in [0.15, 0.2) is 30.6 Å². The minimum atomic E-state index is -1.53. The zero-order chi connectivity index (χ0) is 19.6. The molecule has 8 heteroatoms. The van der Waals surface area contributed by atoms with Crippen LogP contribution in [0.2, 0.25) is 0 Å². The monoisotopic (exact) mass is 387 g/mol. The van der Waals surface area contributed by atoms with Gasteiger partial charge in [0.25, 0.3) is 0 Å². The van der Waals surface area contributed by atoms with E-state index in [0.29, 0.717) is 28.8 Å². The molecule has 0 aliphatic heterocycles. The Morgan fingerprint density at radius 2 is 2.19 bits per heavy atom. The summed E-state index contributed by atoms with van der Waals surface area (Å²) in [7, 11) is -1.53. The molecule has 5 nitrogen and oxygen atoms in total. The van der Waals surface area contributed by atoms with E-state index in [2.05, 4.69) is 20.6 Å². The Balaban J connectivity index is 2.07. The lowest BCUT2D eigenvalue weighted by atomic mass is 10.0. The zero-order valence-electron chi connectivity index (χ0n) is 14.3. The first-order valence-corrected chi connectivity index (χ1v) is 9.39. The Hall–Kier alpha value is -3.05. The van der Waals surface area contributed by atoms with Crippen LogP contribution in [-0.4, -0.2) is 25.7 Å². The second-order valence-electron chi connectivity index (χ2n) is 5.73. The smallest absolute Gasteiger partial charge is 0.201 e. The van der Waals surface area contributed by atoms with Gasteiger partial charge in [0.1, 0.15) is 22.5 Å². The van der Waals surface area contributed by atoms with Crippen molar-refractivity contribution in [1.82, 2.24) is 9.97 Å². The number of carbonyl (C=O) groups is 1. The Kier molecular flexibility index (Phi) is 5.33. The number of nitrogens with zero attached hydrogens (tertiary/aromatic N) is 1. The van der Waals surface area contributed by atoms with E-state index in [1.807, 2.05) is 6.92 Å². The molecule has 2 heterocycles. The molecule has 27 heavy (non-hydrogen) atoms. The molecular formula is C19H15F2N3O2S. The Morgan fingerprint density at radius 1 is 1.41 bits per heavy atom. The lowest BCUT2D eigenvalue weighted by molar-refractivity contribution is 0.103. The third kappa shape index (κ3) is 3.59. The summed E-state index contributed by atoms with van der Waals surface area (Å²) in [5.74, 6) is -0.280. The molecule has 0 amide bonds. The van der Waals surface area contributed by atoms with Gasteiger partial charge in [0.2, 0.25) is 5.78 Å². The minimum Gasteiger partial charge on any atom is -0.345 e. The van der Waals surface area contributed by atoms with Gasteiger partial charge in [0.15, 0.2) is 5.82 Å². The number of benzene rings is 1. The van der Waals surface area contributed by atoms with Gasteiger partial charge in [-0.05, 0) is 24.6 Å². The van der Waals surface area contributed by atoms with Gasteiger partial charge in [0, 0.05) is 34.7 Å². The first-order chi connectivity index (χ1) is 13.0. The largest absolute Gasteiger partial charge is 0.345 e. The molecule has 1 atom stereocenters. The topological polar surface area (TPSA) is 74.8 Å². The van der Waals surface area contributed by atoms with Gasteiger partial charge in [-0.15, -0.1) is 6.42 Å². The summed E-state index contributed by atoms with van der Waals surface area (Å²) in [6.07, 6.45) is 8.74. The fourth-order valence-corrected chi connectivity index (χ4v) is 3.48. The van der Waals surface area contributed by atoms with Crippen LogP contribution in [0.1, 0.15) is 34.8 Å². The van der Waals surface area contributed by atoms with Crippen LogP contribution in [-0.2, 0) is 11.0 Å². The fraction of sp³-hybridized carbons (Fsp3) is 0.158. The number of hydrogen-bond donors (Lipinski definition) is 2. The maximum absolute atomic E-state index is 14.8. The average Bonchev–Trinajstić information content (AvgIpc) is 3.07. The molecule has 3 rings (SSSR count). The van der Waals surface area contributed by atoms with E-state index in [4.69, 9.17) is 6.42 Å². The maximum atomic E-state index is 14.8. The van der Waals surface area contributed by atoms with E-state index in [1.54, 1.807) is 6.07 Å². The second kappa shape index (κ2) is 7.68. The Labute approximate surface area is 156 Å². The highest BCUT2D eigenvalue weighted by atomic mass is 32.2. The maximum Gasteiger partial charge on any atom is 0.201 e. The van der Waals surface area contributed by atoms with Gasteiger partial charge in [-0.1, -0.05) is 12.8 Å². The van der Waals surface area contributed by atoms with Crippen LogP contribution < -0.4 is 4.72 Å². The number of anilines is 1. The number of rotatable bonds is 6. The number of fused-ring (bicyclic) bond motifs is 1. The number of aromatic amines is 1. The normalized spacial score (nSPS) is 11.9. The predicted molar refractivity (Wildman–Crippen MR) is 101 cm³/mol. The number of aromatic nitrogens is 2. The fourth-order valence-electron chi connectivity index (χ4n) is 2.60. The SMILES string of the molecule is C#Cc1cnc2[nH]cc(C(=O)c3c(F)ccc(NS(=O)CCC)c3F)c2c1. The number of halogens is 2. The minimum absolute atomic E-state index is 0.0410. The molecule has 138 valence electrons. The van der Waals surface area contributed by atoms with Gasteiger partial charge in [-0.3, -0.25) is 4.79 Å². The molecule has 0 fully saturated rings. The zero-order valence-corrected chi connectivity index (χ0v) is 15.1. The van der Waals surface area contributed by atoms with Crippen molar-refractivity contribution in [3.8, 4) is 12.3 Å². The summed E-state index contributed by atoms with van der Waals surface area (Å²) in [5, 5.41) is 0.363. The third-order valence-electron chi connectivity index (χ3n) is 3.87. The number of terminal acetylenes is 1. The quantitative estimate of drug-likeness (QED) is 0.502. The standard InChI is InChI=1S/C19H15F2N3O2S/c1-3-7-27(26)24-15-6-5-14(20)16(17(15)21)18(25)13-10-23-19-12(13)8-11(4-2)9-22-19/h2,5-6,8-10,24H,3,7H2,1H3,(H,22,23). The van der Waals surface area contributed by atoms with E-state index in [1.165, 1.54) is 12.4 Å². The molecule has 1 aromatic carbocycles. The van der Waals surface area contributed by atoms with Crippen LogP contribution in [0.25, 0.3) is 11.0 Å². The van der Waals surface area contributed by atoms with Crippen LogP contribution in [0.3, 0.4) is 0 Å². The van der Waals surface area contributed by atoms with Gasteiger partial charge in [-0.2, -0.15) is 0 Å². The second-order valence-corrected chi connectivity index (χ2v) is 7.04. The molecule has 0 aliphatic carbocycles. The molecule has 2 aromatic heterocycles. The van der Waals surface area contributed by atoms with Gasteiger partial charge >= 0.3 is 0 Å². The summed E-state index contributed by atoms with van der Waals surface area (Å²) < 4.78 is 43.4. The van der Waals surface area contributed by atoms with Crippen molar-refractivity contribution in [1.29, 1.82) is 0 Å². The van der Waals surface area contributed by atoms with Gasteiger partial charge in [-0.25, -0.2) is 18.0 Å². The highest BCUT2D eigenvalue weighted by Crippen LogP contribution is 2.27. The van der Waals surface area contributed by atoms with Crippen LogP contribution in [0.4, 0.5) is 14.5 Å². The van der Waals surface area contributed by atoms with E-state index in [0.717, 1.165) is 12.1 Å². The summed E-state index contributed by atoms with van der Waals surface area (Å²) in [4.78, 5) is 19.7. The lowest BCUT2D eigenvalue weighted by Gasteiger charge is -2.10. The van der Waals surface area contributed by atoms with Crippen LogP contribution >= 0.6 is 0 Å². The van der Waals surface area contributed by atoms with E-state index < -0.39 is 34.0 Å². The van der Waals surface area contributed by atoms with E-state index in [9.17, 15) is 17.8 Å². The summed E-state index contributed by atoms with van der Waals surface area (Å²) in [5.41, 5.74) is -0.0903. The number of carbonyl (C=O) groups excluding carboxylic acids is 1. The molecular weight excluding hydrogens is 372 g/mol. The predicted octanol–water partition coefficient (Wildman–Crippen LogP) is 3.54. The van der Waals surface area contributed by atoms with Crippen molar-refractivity contribution in [2.75, 3.05) is 10.5 Å². The van der Waals surface area contributed by atoms with Crippen molar-refractivity contribution in [3.63, 3.8) is 0 Å². The van der Waals surface area contributed by atoms with Gasteiger partial charge in [0.05, 0.1) is 11.3 Å². The van der Waals surface area contributed by atoms with Gasteiger partial charge < -0.3 is 9.71 Å². The number of H-pyrrole nitrogens is 1. The van der Waals surface area contributed by atoms with Crippen molar-refractivity contribution >= 4 is 33.5 Å². The van der Waals surface area contributed by atoms with Crippen molar-refractivity contribution in [3.05, 3.63) is 58.9 Å². The lowest BCUT2D eigenvalue weighted by Crippen LogP contribution is -2.13. The number of pyridine rings is 1. The number of hydrogen-bond acceptors (Lipinski definition) is 3. The highest BCUT2D eigenvalue weighted by Gasteiger charge is 2.25. The third-order valence-corrected chi connectivity index (χ3v) is 5.10. The van der Waals surface area contributed by atoms with Crippen molar-refractivity contribution < 1.29 is 17.8 Å². The van der Waals surface area contributed by atoms with Crippen molar-refractivity contribution in [2.45, 2.75) is 13.3 Å². The average molecular weight is 387 g/mol. The van der Waals surface area contributed by atoms with Crippen LogP contribution in [0.5, 0.6) is 0 Å². The molecule has 0 saturated carbocycles. The van der Waals surface area contributed by atoms with Crippen molar-refractivity contribution in [2.24, 2.45) is 0 Å². The van der Waals surface area contributed by atoms with E-state index >= 15 is 0 Å². The summed E-state index contributed by atoms with van der Waals surface area (Å²) in [6.45, 7) is 1.82. The number of nitrogens with one attached hydrogen (secondary N) is 2. The molecule has 0 spiro atoms. The molecule has 1 unspecified atom stereocenters. The van der Waals surface area contributed by atoms with E-state index in [-0.39, 0.29) is 11.3 Å². The number of ketones is 1. The first kappa shape index (κ1) is 18.7. The molecule has 0 radical (unpaired) electrons. The molecule has 0 aliphatic rings. The molecule has 0 saturated heterocycles. The Morgan fingerprint density at radius 3 is 2.89 bits per heavy atom. The highest BCUT2D eigenvalue weighted by molar-refractivity contribution is 7.86. The molecule has 3 aromatic rings. The Bertz CT molecular complexity index is 1100. The molecule has 2 N–H and O–H groups in total.